The predicted molar refractivity (Wildman–Crippen MR) is 63.2 cm³/mol. The van der Waals surface area contributed by atoms with Crippen molar-refractivity contribution in [2.24, 2.45) is 5.73 Å². The van der Waals surface area contributed by atoms with E-state index >= 15 is 0 Å². The third-order valence-corrected chi connectivity index (χ3v) is 2.82. The van der Waals surface area contributed by atoms with Crippen LogP contribution in [0.15, 0.2) is 0 Å². The molecule has 96 valence electrons. The van der Waals surface area contributed by atoms with Gasteiger partial charge in [0.25, 0.3) is 0 Å². The van der Waals surface area contributed by atoms with Gasteiger partial charge in [-0.1, -0.05) is 19.3 Å². The highest BCUT2D eigenvalue weighted by molar-refractivity contribution is 5.73. The molecule has 0 aromatic heterocycles. The fourth-order valence-electron chi connectivity index (χ4n) is 1.60. The molecule has 5 nitrogen and oxygen atoms in total. The Morgan fingerprint density at radius 1 is 1.38 bits per heavy atom. The smallest absolute Gasteiger partial charge is 0.323 e. The second-order valence-corrected chi connectivity index (χ2v) is 4.23. The zero-order valence-corrected chi connectivity index (χ0v) is 10.1. The molecule has 16 heavy (non-hydrogen) atoms. The molecule has 0 bridgehead atoms. The normalized spacial score (nSPS) is 20.5. The number of nitrogens with one attached hydrogen (secondary N) is 1. The summed E-state index contributed by atoms with van der Waals surface area (Å²) in [4.78, 5) is 9.86. The maximum atomic E-state index is 9.86. The number of aliphatic carboxylic acids is 1. The van der Waals surface area contributed by atoms with Gasteiger partial charge < -0.3 is 21.3 Å². The van der Waals surface area contributed by atoms with Crippen LogP contribution in [-0.2, 0) is 4.79 Å². The van der Waals surface area contributed by atoms with Crippen LogP contribution in [0.2, 0.25) is 0 Å². The molecule has 2 unspecified atom stereocenters. The molecule has 1 rings (SSSR count). The van der Waals surface area contributed by atoms with Crippen molar-refractivity contribution in [3.63, 3.8) is 0 Å². The van der Waals surface area contributed by atoms with Crippen LogP contribution in [0.3, 0.4) is 0 Å². The molecule has 0 aromatic rings. The topological polar surface area (TPSA) is 95.6 Å². The average Bonchev–Trinajstić information content (AvgIpc) is 2.29. The molecule has 1 fully saturated rings. The van der Waals surface area contributed by atoms with E-state index in [-0.39, 0.29) is 0 Å². The summed E-state index contributed by atoms with van der Waals surface area (Å²) in [6.45, 7) is 1.33. The van der Waals surface area contributed by atoms with Crippen LogP contribution in [0.25, 0.3) is 0 Å². The van der Waals surface area contributed by atoms with Crippen LogP contribution < -0.4 is 11.1 Å². The maximum absolute atomic E-state index is 9.86. The van der Waals surface area contributed by atoms with Crippen molar-refractivity contribution in [2.45, 2.75) is 57.2 Å². The molecule has 5 heteroatoms. The second-order valence-electron chi connectivity index (χ2n) is 4.23. The van der Waals surface area contributed by atoms with Gasteiger partial charge in [0.15, 0.2) is 0 Å². The number of nitrogens with two attached hydrogens (primary N) is 1. The third-order valence-electron chi connectivity index (χ3n) is 2.82. The van der Waals surface area contributed by atoms with Gasteiger partial charge >= 0.3 is 5.97 Å². The van der Waals surface area contributed by atoms with E-state index < -0.39 is 18.1 Å². The number of carboxylic acid groups (broad SMARTS) is 1. The van der Waals surface area contributed by atoms with Crippen molar-refractivity contribution < 1.29 is 15.0 Å². The lowest BCUT2D eigenvalue weighted by molar-refractivity contribution is -0.140. The highest BCUT2D eigenvalue weighted by Crippen LogP contribution is 2.16. The average molecular weight is 232 g/mol. The number of hydrogen-bond acceptors (Lipinski definition) is 4. The quantitative estimate of drug-likeness (QED) is 0.562. The zero-order valence-electron chi connectivity index (χ0n) is 10.1. The van der Waals surface area contributed by atoms with E-state index in [2.05, 4.69) is 12.4 Å². The summed E-state index contributed by atoms with van der Waals surface area (Å²) in [7, 11) is 2.07. The van der Waals surface area contributed by atoms with Gasteiger partial charge in [0.05, 0.1) is 6.10 Å². The van der Waals surface area contributed by atoms with Gasteiger partial charge in [-0.2, -0.15) is 0 Å². The first-order chi connectivity index (χ1) is 7.49. The van der Waals surface area contributed by atoms with Crippen LogP contribution in [-0.4, -0.2) is 41.4 Å². The Hall–Kier alpha value is -0.650. The number of hydrogen-bond donors (Lipinski definition) is 4. The summed E-state index contributed by atoms with van der Waals surface area (Å²) in [5.74, 6) is -1.18. The number of rotatable bonds is 3. The van der Waals surface area contributed by atoms with Gasteiger partial charge in [-0.05, 0) is 26.8 Å². The van der Waals surface area contributed by atoms with Crippen LogP contribution in [0.1, 0.15) is 39.0 Å². The molecular formula is C11H24N2O3. The summed E-state index contributed by atoms with van der Waals surface area (Å²) in [6.07, 6.45) is 6.15. The summed E-state index contributed by atoms with van der Waals surface area (Å²) in [6, 6.07) is -0.321. The third kappa shape index (κ3) is 6.76. The van der Waals surface area contributed by atoms with Gasteiger partial charge in [-0.15, -0.1) is 0 Å². The molecule has 0 spiro atoms. The van der Waals surface area contributed by atoms with Crippen molar-refractivity contribution in [3.8, 4) is 0 Å². The number of aliphatic hydroxyl groups excluding tert-OH is 1. The maximum Gasteiger partial charge on any atom is 0.323 e. The first-order valence-corrected chi connectivity index (χ1v) is 5.82. The van der Waals surface area contributed by atoms with Crippen molar-refractivity contribution in [1.29, 1.82) is 0 Å². The monoisotopic (exact) mass is 232 g/mol. The van der Waals surface area contributed by atoms with Crippen molar-refractivity contribution in [1.82, 2.24) is 5.32 Å². The highest BCUT2D eigenvalue weighted by Gasteiger charge is 2.16. The van der Waals surface area contributed by atoms with E-state index in [1.165, 1.54) is 39.0 Å². The van der Waals surface area contributed by atoms with Crippen molar-refractivity contribution in [3.05, 3.63) is 0 Å². The van der Waals surface area contributed by atoms with Crippen LogP contribution in [0.4, 0.5) is 0 Å². The summed E-state index contributed by atoms with van der Waals surface area (Å²) >= 11 is 0. The first kappa shape index (κ1) is 15.3. The minimum absolute atomic E-state index is 0.837. The van der Waals surface area contributed by atoms with E-state index in [0.29, 0.717) is 0 Å². The second kappa shape index (κ2) is 8.50. The predicted octanol–water partition coefficient (Wildman–Crippen LogP) is 0.318. The Bertz CT molecular complexity index is 192. The SMILES string of the molecule is CC(O)C(N)C(=O)O.CNC1CCCCC1. The Morgan fingerprint density at radius 2 is 1.88 bits per heavy atom. The molecular weight excluding hydrogens is 208 g/mol. The zero-order chi connectivity index (χ0) is 12.6. The standard InChI is InChI=1S/C7H15N.C4H9NO3/c1-8-7-5-3-2-4-6-7;1-2(6)3(5)4(7)8/h7-8H,2-6H2,1H3;2-3,6H,5H2,1H3,(H,7,8). The summed E-state index contributed by atoms with van der Waals surface area (Å²) in [5.41, 5.74) is 4.91. The number of carboxylic acids is 1. The minimum Gasteiger partial charge on any atom is -0.480 e. The minimum atomic E-state index is -1.18. The van der Waals surface area contributed by atoms with Crippen LogP contribution in [0, 0.1) is 0 Å². The largest absolute Gasteiger partial charge is 0.480 e. The van der Waals surface area contributed by atoms with Gasteiger partial charge in [0.2, 0.25) is 0 Å². The molecule has 1 aliphatic carbocycles. The van der Waals surface area contributed by atoms with E-state index in [1.807, 2.05) is 0 Å². The molecule has 1 aliphatic rings. The van der Waals surface area contributed by atoms with Gasteiger partial charge in [-0.25, -0.2) is 0 Å². The fraction of sp³-hybridized carbons (Fsp3) is 0.909. The van der Waals surface area contributed by atoms with Crippen LogP contribution in [0.5, 0.6) is 0 Å². The molecule has 0 aliphatic heterocycles. The lowest BCUT2D eigenvalue weighted by Gasteiger charge is -2.20. The highest BCUT2D eigenvalue weighted by atomic mass is 16.4. The van der Waals surface area contributed by atoms with Crippen LogP contribution >= 0.6 is 0 Å². The molecule has 0 amide bonds. The Morgan fingerprint density at radius 3 is 2.06 bits per heavy atom. The lowest BCUT2D eigenvalue weighted by Crippen LogP contribution is -2.39. The van der Waals surface area contributed by atoms with Gasteiger partial charge in [0, 0.05) is 6.04 Å². The number of aliphatic hydroxyl groups is 1. The van der Waals surface area contributed by atoms with Crippen molar-refractivity contribution in [2.75, 3.05) is 7.05 Å². The Balaban J connectivity index is 0.000000281. The van der Waals surface area contributed by atoms with Gasteiger partial charge in [-0.3, -0.25) is 4.79 Å². The van der Waals surface area contributed by atoms with E-state index in [1.54, 1.807) is 0 Å². The molecule has 2 atom stereocenters. The van der Waals surface area contributed by atoms with E-state index in [9.17, 15) is 4.79 Å². The first-order valence-electron chi connectivity index (χ1n) is 5.82. The Kier molecular flexibility index (Phi) is 8.15. The molecule has 0 heterocycles. The van der Waals surface area contributed by atoms with E-state index in [0.717, 1.165) is 6.04 Å². The summed E-state index contributed by atoms with van der Waals surface area (Å²) < 4.78 is 0. The molecule has 5 N–H and O–H groups in total. The lowest BCUT2D eigenvalue weighted by atomic mass is 9.96. The van der Waals surface area contributed by atoms with E-state index in [4.69, 9.17) is 15.9 Å². The molecule has 0 saturated heterocycles. The summed E-state index contributed by atoms with van der Waals surface area (Å²) in [5, 5.41) is 19.9. The number of carbonyl (C=O) groups is 1. The van der Waals surface area contributed by atoms with Crippen molar-refractivity contribution >= 4 is 5.97 Å². The molecule has 0 radical (unpaired) electrons. The van der Waals surface area contributed by atoms with Gasteiger partial charge in [0.1, 0.15) is 6.04 Å². The molecule has 1 saturated carbocycles. The fourth-order valence-corrected chi connectivity index (χ4v) is 1.60. The molecule has 0 aromatic carbocycles. The Labute approximate surface area is 97.0 Å².